The zero-order chi connectivity index (χ0) is 18.6. The van der Waals surface area contributed by atoms with Crippen LogP contribution in [0.4, 0.5) is 13.2 Å². The van der Waals surface area contributed by atoms with E-state index in [0.29, 0.717) is 16.7 Å². The molecule has 3 rings (SSSR count). The molecule has 0 aliphatic rings. The topological polar surface area (TPSA) is 61.6 Å². The van der Waals surface area contributed by atoms with Crippen molar-refractivity contribution in [2.45, 2.75) is 13.0 Å². The van der Waals surface area contributed by atoms with Crippen molar-refractivity contribution in [2.75, 3.05) is 0 Å². The van der Waals surface area contributed by atoms with Gasteiger partial charge in [0.15, 0.2) is 12.2 Å². The number of aromatic nitrogens is 1. The number of rotatable bonds is 5. The van der Waals surface area contributed by atoms with E-state index in [2.05, 4.69) is 9.72 Å². The van der Waals surface area contributed by atoms with Crippen LogP contribution in [0.25, 0.3) is 17.2 Å². The van der Waals surface area contributed by atoms with Crippen molar-refractivity contribution in [1.82, 2.24) is 4.98 Å². The van der Waals surface area contributed by atoms with E-state index in [1.54, 1.807) is 18.2 Å². The van der Waals surface area contributed by atoms with Crippen molar-refractivity contribution in [2.24, 2.45) is 0 Å². The Morgan fingerprint density at radius 1 is 1.12 bits per heavy atom. The number of hydrogen-bond acceptors (Lipinski definition) is 5. The minimum absolute atomic E-state index is 0.129. The van der Waals surface area contributed by atoms with Gasteiger partial charge in [-0.25, -0.2) is 9.78 Å². The summed E-state index contributed by atoms with van der Waals surface area (Å²) in [6.07, 6.45) is -2.18. The molecule has 0 amide bonds. The predicted octanol–water partition coefficient (Wildman–Crippen LogP) is 4.48. The number of benzene rings is 2. The monoisotopic (exact) mass is 363 g/mol. The summed E-state index contributed by atoms with van der Waals surface area (Å²) in [6, 6.07) is 12.2. The van der Waals surface area contributed by atoms with Crippen LogP contribution < -0.4 is 4.74 Å². The number of para-hydroxylation sites is 2. The third-order valence-corrected chi connectivity index (χ3v) is 3.20. The van der Waals surface area contributed by atoms with E-state index in [1.165, 1.54) is 18.2 Å². The lowest BCUT2D eigenvalue weighted by molar-refractivity contribution is -0.274. The molecule has 0 aliphatic carbocycles. The molecule has 0 saturated heterocycles. The van der Waals surface area contributed by atoms with Gasteiger partial charge in [0.1, 0.15) is 11.3 Å². The number of esters is 1. The van der Waals surface area contributed by atoms with Gasteiger partial charge >= 0.3 is 12.3 Å². The first-order valence-corrected chi connectivity index (χ1v) is 7.44. The van der Waals surface area contributed by atoms with Gasteiger partial charge in [-0.1, -0.05) is 24.3 Å². The number of oxazole rings is 1. The van der Waals surface area contributed by atoms with E-state index in [4.69, 9.17) is 9.15 Å². The number of ether oxygens (including phenoxy) is 2. The smallest absolute Gasteiger partial charge is 0.453 e. The Morgan fingerprint density at radius 2 is 1.85 bits per heavy atom. The number of halogens is 3. The molecule has 0 radical (unpaired) electrons. The molecule has 0 spiro atoms. The van der Waals surface area contributed by atoms with Gasteiger partial charge in [0.2, 0.25) is 5.89 Å². The van der Waals surface area contributed by atoms with Crippen LogP contribution in [-0.4, -0.2) is 17.3 Å². The number of carbonyl (C=O) groups excluding carboxylic acids is 1. The third kappa shape index (κ3) is 4.85. The zero-order valence-corrected chi connectivity index (χ0v) is 13.2. The van der Waals surface area contributed by atoms with Crippen LogP contribution in [0.5, 0.6) is 5.75 Å². The van der Waals surface area contributed by atoms with Crippen LogP contribution in [-0.2, 0) is 16.1 Å². The maximum atomic E-state index is 12.1. The molecule has 1 aromatic heterocycles. The summed E-state index contributed by atoms with van der Waals surface area (Å²) in [5, 5.41) is 0. The molecule has 0 bridgehead atoms. The molecule has 26 heavy (non-hydrogen) atoms. The second-order valence-corrected chi connectivity index (χ2v) is 5.13. The zero-order valence-electron chi connectivity index (χ0n) is 13.2. The molecular formula is C18H12F3NO4. The Morgan fingerprint density at radius 3 is 2.54 bits per heavy atom. The van der Waals surface area contributed by atoms with E-state index in [-0.39, 0.29) is 18.2 Å². The van der Waals surface area contributed by atoms with Crippen LogP contribution in [0.2, 0.25) is 0 Å². The predicted molar refractivity (Wildman–Crippen MR) is 86.0 cm³/mol. The highest BCUT2D eigenvalue weighted by Gasteiger charge is 2.30. The molecule has 3 aromatic rings. The van der Waals surface area contributed by atoms with Gasteiger partial charge in [0.25, 0.3) is 0 Å². The van der Waals surface area contributed by atoms with Gasteiger partial charge in [-0.15, -0.1) is 13.2 Å². The first kappa shape index (κ1) is 17.5. The van der Waals surface area contributed by atoms with Crippen LogP contribution in [0, 0.1) is 0 Å². The lowest BCUT2D eigenvalue weighted by Gasteiger charge is -2.08. The molecule has 0 fully saturated rings. The normalized spacial score (nSPS) is 11.8. The van der Waals surface area contributed by atoms with Crippen molar-refractivity contribution in [3.63, 3.8) is 0 Å². The van der Waals surface area contributed by atoms with Crippen molar-refractivity contribution in [3.8, 4) is 5.75 Å². The Kier molecular flexibility index (Phi) is 4.92. The van der Waals surface area contributed by atoms with E-state index >= 15 is 0 Å². The second kappa shape index (κ2) is 7.30. The first-order chi connectivity index (χ1) is 12.4. The average molecular weight is 363 g/mol. The van der Waals surface area contributed by atoms with Gasteiger partial charge in [0, 0.05) is 6.08 Å². The molecule has 0 atom stereocenters. The Hall–Kier alpha value is -3.29. The number of alkyl halides is 3. The first-order valence-electron chi connectivity index (χ1n) is 7.44. The lowest BCUT2D eigenvalue weighted by Crippen LogP contribution is -2.16. The summed E-state index contributed by atoms with van der Waals surface area (Å²) in [5.41, 5.74) is 1.77. The molecule has 0 aliphatic heterocycles. The highest BCUT2D eigenvalue weighted by Crippen LogP contribution is 2.23. The van der Waals surface area contributed by atoms with E-state index < -0.39 is 12.3 Å². The molecule has 0 N–H and O–H groups in total. The molecule has 1 heterocycles. The van der Waals surface area contributed by atoms with Crippen molar-refractivity contribution >= 4 is 23.1 Å². The SMILES string of the molecule is O=C(/C=C/c1ccc(OC(F)(F)F)cc1)OCc1nc2ccccc2o1. The van der Waals surface area contributed by atoms with Crippen LogP contribution in [0.3, 0.4) is 0 Å². The van der Waals surface area contributed by atoms with Crippen LogP contribution >= 0.6 is 0 Å². The standard InChI is InChI=1S/C18H12F3NO4/c19-18(20,21)26-13-8-5-12(6-9-13)7-10-17(23)24-11-16-22-14-3-1-2-4-15(14)25-16/h1-10H,11H2/b10-7+. The number of nitrogens with zero attached hydrogens (tertiary/aromatic N) is 1. The molecule has 0 unspecified atom stereocenters. The van der Waals surface area contributed by atoms with Crippen LogP contribution in [0.15, 0.2) is 59.0 Å². The van der Waals surface area contributed by atoms with E-state index in [0.717, 1.165) is 18.2 Å². The molecule has 5 nitrogen and oxygen atoms in total. The fourth-order valence-electron chi connectivity index (χ4n) is 2.11. The number of fused-ring (bicyclic) bond motifs is 1. The van der Waals surface area contributed by atoms with Gasteiger partial charge in [-0.2, -0.15) is 0 Å². The Labute approximate surface area is 145 Å². The largest absolute Gasteiger partial charge is 0.573 e. The molecular weight excluding hydrogens is 351 g/mol. The molecule has 0 saturated carbocycles. The minimum atomic E-state index is -4.74. The maximum Gasteiger partial charge on any atom is 0.573 e. The van der Waals surface area contributed by atoms with E-state index in [9.17, 15) is 18.0 Å². The summed E-state index contributed by atoms with van der Waals surface area (Å²) >= 11 is 0. The maximum absolute atomic E-state index is 12.1. The van der Waals surface area contributed by atoms with Crippen molar-refractivity contribution in [1.29, 1.82) is 0 Å². The van der Waals surface area contributed by atoms with Crippen molar-refractivity contribution < 1.29 is 31.9 Å². The summed E-state index contributed by atoms with van der Waals surface area (Å²) in [5.74, 6) is -0.710. The number of hydrogen-bond donors (Lipinski definition) is 0. The Bertz CT molecular complexity index is 897. The second-order valence-electron chi connectivity index (χ2n) is 5.13. The average Bonchev–Trinajstić information content (AvgIpc) is 3.01. The molecule has 2 aromatic carbocycles. The lowest BCUT2D eigenvalue weighted by atomic mass is 10.2. The minimum Gasteiger partial charge on any atom is -0.453 e. The van der Waals surface area contributed by atoms with Gasteiger partial charge < -0.3 is 13.9 Å². The quantitative estimate of drug-likeness (QED) is 0.494. The van der Waals surface area contributed by atoms with Gasteiger partial charge in [0.05, 0.1) is 0 Å². The van der Waals surface area contributed by atoms with E-state index in [1.807, 2.05) is 6.07 Å². The van der Waals surface area contributed by atoms with Crippen molar-refractivity contribution in [3.05, 3.63) is 66.1 Å². The summed E-state index contributed by atoms with van der Waals surface area (Å²) in [4.78, 5) is 15.9. The summed E-state index contributed by atoms with van der Waals surface area (Å²) < 4.78 is 50.4. The third-order valence-electron chi connectivity index (χ3n) is 3.20. The fourth-order valence-corrected chi connectivity index (χ4v) is 2.11. The van der Waals surface area contributed by atoms with Gasteiger partial charge in [-0.05, 0) is 35.9 Å². The highest BCUT2D eigenvalue weighted by molar-refractivity contribution is 5.87. The molecule has 8 heteroatoms. The number of carbonyl (C=O) groups is 1. The van der Waals surface area contributed by atoms with Gasteiger partial charge in [-0.3, -0.25) is 0 Å². The fraction of sp³-hybridized carbons (Fsp3) is 0.111. The Balaban J connectivity index is 1.54. The molecule has 134 valence electrons. The van der Waals surface area contributed by atoms with Crippen LogP contribution in [0.1, 0.15) is 11.5 Å². The highest BCUT2D eigenvalue weighted by atomic mass is 19.4. The summed E-state index contributed by atoms with van der Waals surface area (Å²) in [7, 11) is 0. The summed E-state index contributed by atoms with van der Waals surface area (Å²) in [6.45, 7) is -0.129.